The SMILES string of the molecule is CC1=C(CCCOCc2ccccc2)OCO1. The molecule has 0 aromatic heterocycles. The predicted molar refractivity (Wildman–Crippen MR) is 65.1 cm³/mol. The molecule has 0 amide bonds. The largest absolute Gasteiger partial charge is 0.459 e. The maximum atomic E-state index is 5.60. The lowest BCUT2D eigenvalue weighted by molar-refractivity contribution is 0.0664. The molecule has 1 aliphatic heterocycles. The number of hydrogen-bond acceptors (Lipinski definition) is 3. The molecule has 92 valence electrons. The predicted octanol–water partition coefficient (Wildman–Crippen LogP) is 3.22. The van der Waals surface area contributed by atoms with Gasteiger partial charge in [0.25, 0.3) is 0 Å². The van der Waals surface area contributed by atoms with Gasteiger partial charge < -0.3 is 14.2 Å². The summed E-state index contributed by atoms with van der Waals surface area (Å²) in [5.74, 6) is 1.88. The molecule has 0 bridgehead atoms. The summed E-state index contributed by atoms with van der Waals surface area (Å²) in [6.07, 6.45) is 1.85. The zero-order valence-corrected chi connectivity index (χ0v) is 10.1. The second-order valence-corrected chi connectivity index (χ2v) is 4.03. The molecule has 2 rings (SSSR count). The third-order valence-electron chi connectivity index (χ3n) is 2.71. The van der Waals surface area contributed by atoms with Crippen LogP contribution >= 0.6 is 0 Å². The molecule has 1 aromatic carbocycles. The van der Waals surface area contributed by atoms with Gasteiger partial charge in [0.05, 0.1) is 6.61 Å². The van der Waals surface area contributed by atoms with Gasteiger partial charge in [0.1, 0.15) is 11.5 Å². The standard InChI is InChI=1S/C14H18O3/c1-12-14(17-11-16-12)8-5-9-15-10-13-6-3-2-4-7-13/h2-4,6-7H,5,8-11H2,1H3. The molecule has 0 spiro atoms. The monoisotopic (exact) mass is 234 g/mol. The number of hydrogen-bond donors (Lipinski definition) is 0. The van der Waals surface area contributed by atoms with E-state index in [0.29, 0.717) is 13.4 Å². The molecule has 0 N–H and O–H groups in total. The number of ether oxygens (including phenoxy) is 3. The van der Waals surface area contributed by atoms with Gasteiger partial charge in [0.2, 0.25) is 6.79 Å². The van der Waals surface area contributed by atoms with Crippen LogP contribution in [0.15, 0.2) is 41.9 Å². The molecule has 17 heavy (non-hydrogen) atoms. The Morgan fingerprint density at radius 3 is 2.71 bits per heavy atom. The lowest BCUT2D eigenvalue weighted by Gasteiger charge is -2.04. The topological polar surface area (TPSA) is 27.7 Å². The highest BCUT2D eigenvalue weighted by Gasteiger charge is 2.12. The van der Waals surface area contributed by atoms with Crippen molar-refractivity contribution in [2.75, 3.05) is 13.4 Å². The van der Waals surface area contributed by atoms with E-state index >= 15 is 0 Å². The highest BCUT2D eigenvalue weighted by Crippen LogP contribution is 2.19. The molecule has 1 aromatic rings. The minimum atomic E-state index is 0.367. The first kappa shape index (κ1) is 12.0. The highest BCUT2D eigenvalue weighted by molar-refractivity contribution is 5.13. The van der Waals surface area contributed by atoms with Crippen molar-refractivity contribution in [3.63, 3.8) is 0 Å². The van der Waals surface area contributed by atoms with Crippen LogP contribution in [0.4, 0.5) is 0 Å². The minimum absolute atomic E-state index is 0.367. The van der Waals surface area contributed by atoms with Crippen LogP contribution in [0.5, 0.6) is 0 Å². The van der Waals surface area contributed by atoms with Crippen molar-refractivity contribution in [2.24, 2.45) is 0 Å². The van der Waals surface area contributed by atoms with Crippen molar-refractivity contribution in [1.82, 2.24) is 0 Å². The molecule has 1 heterocycles. The van der Waals surface area contributed by atoms with Crippen LogP contribution in [0.25, 0.3) is 0 Å². The molecule has 0 fully saturated rings. The fourth-order valence-corrected chi connectivity index (χ4v) is 1.72. The van der Waals surface area contributed by atoms with Gasteiger partial charge in [0.15, 0.2) is 0 Å². The van der Waals surface area contributed by atoms with Crippen LogP contribution in [0.3, 0.4) is 0 Å². The summed E-state index contributed by atoms with van der Waals surface area (Å²) in [6, 6.07) is 10.2. The second kappa shape index (κ2) is 6.30. The van der Waals surface area contributed by atoms with E-state index in [2.05, 4.69) is 12.1 Å². The molecule has 0 unspecified atom stereocenters. The van der Waals surface area contributed by atoms with E-state index in [9.17, 15) is 0 Å². The summed E-state index contributed by atoms with van der Waals surface area (Å²) >= 11 is 0. The fraction of sp³-hybridized carbons (Fsp3) is 0.429. The van der Waals surface area contributed by atoms with E-state index in [1.807, 2.05) is 25.1 Å². The average molecular weight is 234 g/mol. The van der Waals surface area contributed by atoms with E-state index in [0.717, 1.165) is 31.0 Å². The zero-order chi connectivity index (χ0) is 11.9. The Balaban J connectivity index is 1.59. The molecule has 0 saturated heterocycles. The Bertz CT molecular complexity index is 370. The summed E-state index contributed by atoms with van der Waals surface area (Å²) in [6.45, 7) is 3.73. The van der Waals surface area contributed by atoms with Gasteiger partial charge in [-0.05, 0) is 18.9 Å². The molecule has 0 aliphatic carbocycles. The van der Waals surface area contributed by atoms with E-state index in [-0.39, 0.29) is 0 Å². The summed E-state index contributed by atoms with van der Waals surface area (Å²) in [5, 5.41) is 0. The van der Waals surface area contributed by atoms with Crippen LogP contribution in [0.1, 0.15) is 25.3 Å². The molecule has 0 radical (unpaired) electrons. The van der Waals surface area contributed by atoms with E-state index < -0.39 is 0 Å². The number of allylic oxidation sites excluding steroid dienone is 2. The van der Waals surface area contributed by atoms with Crippen molar-refractivity contribution in [1.29, 1.82) is 0 Å². The van der Waals surface area contributed by atoms with Crippen molar-refractivity contribution in [3.8, 4) is 0 Å². The van der Waals surface area contributed by atoms with Crippen LogP contribution in [0, 0.1) is 0 Å². The molecule has 0 saturated carbocycles. The van der Waals surface area contributed by atoms with Crippen molar-refractivity contribution in [2.45, 2.75) is 26.4 Å². The Morgan fingerprint density at radius 2 is 2.00 bits per heavy atom. The Hall–Kier alpha value is -1.48. The van der Waals surface area contributed by atoms with E-state index in [4.69, 9.17) is 14.2 Å². The maximum Gasteiger partial charge on any atom is 0.230 e. The number of benzene rings is 1. The first-order valence-electron chi connectivity index (χ1n) is 5.93. The van der Waals surface area contributed by atoms with Gasteiger partial charge in [0, 0.05) is 13.0 Å². The highest BCUT2D eigenvalue weighted by atomic mass is 16.7. The maximum absolute atomic E-state index is 5.60. The summed E-state index contributed by atoms with van der Waals surface area (Å²) in [5.41, 5.74) is 1.21. The third kappa shape index (κ3) is 3.79. The molecular formula is C14H18O3. The van der Waals surface area contributed by atoms with Crippen LogP contribution < -0.4 is 0 Å². The Labute approximate surface area is 102 Å². The van der Waals surface area contributed by atoms with Gasteiger partial charge in [-0.3, -0.25) is 0 Å². The summed E-state index contributed by atoms with van der Waals surface area (Å²) in [4.78, 5) is 0. The lowest BCUT2D eigenvalue weighted by Crippen LogP contribution is -1.97. The average Bonchev–Trinajstić information content (AvgIpc) is 2.76. The van der Waals surface area contributed by atoms with Gasteiger partial charge >= 0.3 is 0 Å². The molecule has 3 nitrogen and oxygen atoms in total. The third-order valence-corrected chi connectivity index (χ3v) is 2.71. The second-order valence-electron chi connectivity index (χ2n) is 4.03. The van der Waals surface area contributed by atoms with E-state index in [1.165, 1.54) is 5.56 Å². The quantitative estimate of drug-likeness (QED) is 0.707. The first-order valence-corrected chi connectivity index (χ1v) is 5.93. The van der Waals surface area contributed by atoms with Crippen molar-refractivity contribution in [3.05, 3.63) is 47.4 Å². The smallest absolute Gasteiger partial charge is 0.230 e. The van der Waals surface area contributed by atoms with Crippen molar-refractivity contribution < 1.29 is 14.2 Å². The normalized spacial score (nSPS) is 14.6. The summed E-state index contributed by atoms with van der Waals surface area (Å²) < 4.78 is 16.1. The van der Waals surface area contributed by atoms with Crippen LogP contribution in [-0.2, 0) is 20.8 Å². The van der Waals surface area contributed by atoms with Gasteiger partial charge in [-0.15, -0.1) is 0 Å². The summed E-state index contributed by atoms with van der Waals surface area (Å²) in [7, 11) is 0. The minimum Gasteiger partial charge on any atom is -0.459 e. The number of rotatable bonds is 6. The zero-order valence-electron chi connectivity index (χ0n) is 10.1. The molecule has 3 heteroatoms. The Kier molecular flexibility index (Phi) is 4.45. The van der Waals surface area contributed by atoms with Gasteiger partial charge in [-0.1, -0.05) is 30.3 Å². The van der Waals surface area contributed by atoms with Crippen LogP contribution in [0.2, 0.25) is 0 Å². The molecule has 0 atom stereocenters. The van der Waals surface area contributed by atoms with Gasteiger partial charge in [-0.2, -0.15) is 0 Å². The lowest BCUT2D eigenvalue weighted by atomic mass is 10.2. The fourth-order valence-electron chi connectivity index (χ4n) is 1.72. The first-order chi connectivity index (χ1) is 8.36. The van der Waals surface area contributed by atoms with Gasteiger partial charge in [-0.25, -0.2) is 0 Å². The van der Waals surface area contributed by atoms with Crippen molar-refractivity contribution >= 4 is 0 Å². The molecule has 1 aliphatic rings. The van der Waals surface area contributed by atoms with E-state index in [1.54, 1.807) is 0 Å². The Morgan fingerprint density at radius 1 is 1.18 bits per heavy atom. The van der Waals surface area contributed by atoms with Crippen LogP contribution in [-0.4, -0.2) is 13.4 Å². The molecular weight excluding hydrogens is 216 g/mol.